The van der Waals surface area contributed by atoms with Gasteiger partial charge < -0.3 is 11.1 Å². The Labute approximate surface area is 123 Å². The van der Waals surface area contributed by atoms with Crippen LogP contribution in [0, 0.1) is 5.92 Å². The predicted octanol–water partition coefficient (Wildman–Crippen LogP) is 1.72. The Bertz CT molecular complexity index is 610. The molecule has 0 radical (unpaired) electrons. The summed E-state index contributed by atoms with van der Waals surface area (Å²) in [5, 5.41) is 7.13. The third kappa shape index (κ3) is 3.11. The zero-order chi connectivity index (χ0) is 14.7. The molecule has 1 fully saturated rings. The van der Waals surface area contributed by atoms with Gasteiger partial charge in [0.2, 0.25) is 5.91 Å². The van der Waals surface area contributed by atoms with E-state index in [-0.39, 0.29) is 17.9 Å². The molecule has 2 atom stereocenters. The minimum absolute atomic E-state index is 0.0144. The average Bonchev–Trinajstić information content (AvgIpc) is 3.02. The number of rotatable bonds is 3. The minimum Gasteiger partial charge on any atom is -0.328 e. The van der Waals surface area contributed by atoms with Crippen LogP contribution in [-0.4, -0.2) is 26.7 Å². The summed E-state index contributed by atoms with van der Waals surface area (Å²) in [7, 11) is 0. The van der Waals surface area contributed by atoms with Crippen molar-refractivity contribution in [3.63, 3.8) is 0 Å². The molecule has 1 saturated carbocycles. The van der Waals surface area contributed by atoms with Crippen molar-refractivity contribution >= 4 is 11.6 Å². The normalized spacial score (nSPS) is 22.0. The van der Waals surface area contributed by atoms with Crippen LogP contribution in [0.4, 0.5) is 5.69 Å². The first-order valence-corrected chi connectivity index (χ1v) is 7.25. The average molecular weight is 285 g/mol. The third-order valence-electron chi connectivity index (χ3n) is 3.85. The van der Waals surface area contributed by atoms with Gasteiger partial charge in [-0.1, -0.05) is 6.42 Å². The Hall–Kier alpha value is -2.21. The number of aromatic nitrogens is 3. The van der Waals surface area contributed by atoms with Gasteiger partial charge in [-0.05, 0) is 37.5 Å². The summed E-state index contributed by atoms with van der Waals surface area (Å²) in [6.07, 6.45) is 8.84. The van der Waals surface area contributed by atoms with E-state index in [9.17, 15) is 4.79 Å². The van der Waals surface area contributed by atoms with E-state index in [4.69, 9.17) is 5.73 Å². The van der Waals surface area contributed by atoms with Crippen LogP contribution in [0.5, 0.6) is 0 Å². The maximum atomic E-state index is 12.4. The minimum atomic E-state index is -0.0144. The Morgan fingerprint density at radius 3 is 3.00 bits per heavy atom. The van der Waals surface area contributed by atoms with E-state index in [1.807, 2.05) is 12.1 Å². The van der Waals surface area contributed by atoms with Crippen LogP contribution in [-0.2, 0) is 4.79 Å². The fraction of sp³-hybridized carbons (Fsp3) is 0.400. The Morgan fingerprint density at radius 1 is 1.33 bits per heavy atom. The number of carbonyl (C=O) groups excluding carboxylic acids is 1. The largest absolute Gasteiger partial charge is 0.328 e. The maximum absolute atomic E-state index is 12.4. The fourth-order valence-electron chi connectivity index (χ4n) is 2.77. The fourth-order valence-corrected chi connectivity index (χ4v) is 2.77. The summed E-state index contributed by atoms with van der Waals surface area (Å²) in [6.45, 7) is 0. The second-order valence-corrected chi connectivity index (χ2v) is 5.44. The molecular weight excluding hydrogens is 266 g/mol. The standard InChI is InChI=1S/C15H19N5O/c16-12-5-1-4-11(10-12)15(21)19-13-6-2-7-17-14(13)20-9-3-8-18-20/h2-3,6-9,11-12H,1,4-5,10,16H2,(H,19,21). The van der Waals surface area contributed by atoms with Crippen molar-refractivity contribution in [3.05, 3.63) is 36.8 Å². The molecule has 0 aromatic carbocycles. The summed E-state index contributed by atoms with van der Waals surface area (Å²) < 4.78 is 1.64. The molecule has 0 spiro atoms. The number of hydrogen-bond acceptors (Lipinski definition) is 4. The molecule has 110 valence electrons. The zero-order valence-electron chi connectivity index (χ0n) is 11.8. The highest BCUT2D eigenvalue weighted by atomic mass is 16.1. The second-order valence-electron chi connectivity index (χ2n) is 5.44. The van der Waals surface area contributed by atoms with Crippen LogP contribution < -0.4 is 11.1 Å². The van der Waals surface area contributed by atoms with Crippen LogP contribution in [0.15, 0.2) is 36.8 Å². The molecule has 1 amide bonds. The van der Waals surface area contributed by atoms with Gasteiger partial charge in [-0.25, -0.2) is 9.67 Å². The molecule has 2 heterocycles. The van der Waals surface area contributed by atoms with Gasteiger partial charge in [0.15, 0.2) is 5.82 Å². The Kier molecular flexibility index (Phi) is 3.96. The SMILES string of the molecule is NC1CCCC(C(=O)Nc2cccnc2-n2cccn2)C1. The van der Waals surface area contributed by atoms with Crippen molar-refractivity contribution in [2.45, 2.75) is 31.7 Å². The van der Waals surface area contributed by atoms with Gasteiger partial charge in [0.05, 0.1) is 5.69 Å². The smallest absolute Gasteiger partial charge is 0.227 e. The van der Waals surface area contributed by atoms with Crippen molar-refractivity contribution in [2.75, 3.05) is 5.32 Å². The number of nitrogens with zero attached hydrogens (tertiary/aromatic N) is 3. The molecule has 3 rings (SSSR count). The van der Waals surface area contributed by atoms with E-state index < -0.39 is 0 Å². The lowest BCUT2D eigenvalue weighted by molar-refractivity contribution is -0.120. The molecule has 2 aromatic heterocycles. The number of nitrogens with two attached hydrogens (primary N) is 1. The molecule has 3 N–H and O–H groups in total. The highest BCUT2D eigenvalue weighted by molar-refractivity contribution is 5.94. The van der Waals surface area contributed by atoms with Crippen molar-refractivity contribution in [3.8, 4) is 5.82 Å². The number of hydrogen-bond donors (Lipinski definition) is 2. The van der Waals surface area contributed by atoms with E-state index >= 15 is 0 Å². The lowest BCUT2D eigenvalue weighted by Gasteiger charge is -2.25. The molecule has 0 bridgehead atoms. The molecular formula is C15H19N5O. The molecule has 6 nitrogen and oxygen atoms in total. The van der Waals surface area contributed by atoms with Crippen LogP contribution >= 0.6 is 0 Å². The van der Waals surface area contributed by atoms with Gasteiger partial charge in [-0.2, -0.15) is 5.10 Å². The van der Waals surface area contributed by atoms with Crippen molar-refractivity contribution in [2.24, 2.45) is 11.7 Å². The van der Waals surface area contributed by atoms with Crippen LogP contribution in [0.1, 0.15) is 25.7 Å². The monoisotopic (exact) mass is 285 g/mol. The highest BCUT2D eigenvalue weighted by Gasteiger charge is 2.26. The van der Waals surface area contributed by atoms with E-state index in [0.717, 1.165) is 25.7 Å². The molecule has 2 aromatic rings. The summed E-state index contributed by atoms with van der Waals surface area (Å²) in [5.41, 5.74) is 6.63. The van der Waals surface area contributed by atoms with Crippen molar-refractivity contribution in [1.82, 2.24) is 14.8 Å². The van der Waals surface area contributed by atoms with Gasteiger partial charge in [0, 0.05) is 30.6 Å². The Morgan fingerprint density at radius 2 is 2.24 bits per heavy atom. The lowest BCUT2D eigenvalue weighted by atomic mass is 9.85. The number of nitrogens with one attached hydrogen (secondary N) is 1. The summed E-state index contributed by atoms with van der Waals surface area (Å²) >= 11 is 0. The van der Waals surface area contributed by atoms with Gasteiger partial charge in [0.1, 0.15) is 0 Å². The number of amides is 1. The lowest BCUT2D eigenvalue weighted by Crippen LogP contribution is -2.34. The number of carbonyl (C=O) groups is 1. The zero-order valence-corrected chi connectivity index (χ0v) is 11.8. The van der Waals surface area contributed by atoms with E-state index in [1.165, 1.54) is 0 Å². The highest BCUT2D eigenvalue weighted by Crippen LogP contribution is 2.25. The predicted molar refractivity (Wildman–Crippen MR) is 79.9 cm³/mol. The van der Waals surface area contributed by atoms with Crippen molar-refractivity contribution < 1.29 is 4.79 Å². The van der Waals surface area contributed by atoms with E-state index in [1.54, 1.807) is 29.3 Å². The van der Waals surface area contributed by atoms with Gasteiger partial charge in [0.25, 0.3) is 0 Å². The summed E-state index contributed by atoms with van der Waals surface area (Å²) in [6, 6.07) is 5.59. The molecule has 1 aliphatic carbocycles. The van der Waals surface area contributed by atoms with Crippen LogP contribution in [0.25, 0.3) is 5.82 Å². The van der Waals surface area contributed by atoms with Crippen LogP contribution in [0.3, 0.4) is 0 Å². The first-order chi connectivity index (χ1) is 10.2. The molecule has 2 unspecified atom stereocenters. The van der Waals surface area contributed by atoms with Gasteiger partial charge >= 0.3 is 0 Å². The third-order valence-corrected chi connectivity index (χ3v) is 3.85. The Balaban J connectivity index is 1.77. The topological polar surface area (TPSA) is 85.8 Å². The number of anilines is 1. The van der Waals surface area contributed by atoms with Gasteiger partial charge in [-0.3, -0.25) is 4.79 Å². The molecule has 1 aliphatic rings. The maximum Gasteiger partial charge on any atom is 0.227 e. The van der Waals surface area contributed by atoms with E-state index in [2.05, 4.69) is 15.4 Å². The quantitative estimate of drug-likeness (QED) is 0.899. The molecule has 0 aliphatic heterocycles. The summed E-state index contributed by atoms with van der Waals surface area (Å²) in [5.74, 6) is 0.627. The van der Waals surface area contributed by atoms with Crippen LogP contribution in [0.2, 0.25) is 0 Å². The summed E-state index contributed by atoms with van der Waals surface area (Å²) in [4.78, 5) is 16.7. The van der Waals surface area contributed by atoms with Gasteiger partial charge in [-0.15, -0.1) is 0 Å². The van der Waals surface area contributed by atoms with Crippen molar-refractivity contribution in [1.29, 1.82) is 0 Å². The molecule has 6 heteroatoms. The van der Waals surface area contributed by atoms with E-state index in [0.29, 0.717) is 11.5 Å². The first kappa shape index (κ1) is 13.8. The second kappa shape index (κ2) is 6.05. The molecule has 0 saturated heterocycles. The first-order valence-electron chi connectivity index (χ1n) is 7.25. The number of pyridine rings is 1. The molecule has 21 heavy (non-hydrogen) atoms.